The first-order valence-electron chi connectivity index (χ1n) is 5.87. The lowest BCUT2D eigenvalue weighted by molar-refractivity contribution is 0.309. The fourth-order valence-electron chi connectivity index (χ4n) is 2.32. The van der Waals surface area contributed by atoms with Gasteiger partial charge in [0.1, 0.15) is 11.9 Å². The summed E-state index contributed by atoms with van der Waals surface area (Å²) in [5.74, 6) is 0. The largest absolute Gasteiger partial charge is 0.300 e. The minimum atomic E-state index is -0.324. The number of hydrogen-bond acceptors (Lipinski definition) is 6. The number of rotatable bonds is 4. The number of thioether (sulfide) groups is 1. The van der Waals surface area contributed by atoms with Crippen molar-refractivity contribution in [2.24, 2.45) is 0 Å². The summed E-state index contributed by atoms with van der Waals surface area (Å²) < 4.78 is 5.02. The fraction of sp³-hybridized carbons (Fsp3) is 0.727. The Morgan fingerprint density at radius 1 is 1.76 bits per heavy atom. The molecule has 0 spiro atoms. The van der Waals surface area contributed by atoms with Crippen molar-refractivity contribution in [2.75, 3.05) is 6.54 Å². The van der Waals surface area contributed by atoms with E-state index in [4.69, 9.17) is 0 Å². The van der Waals surface area contributed by atoms with Crippen LogP contribution >= 0.6 is 23.3 Å². The first-order chi connectivity index (χ1) is 8.28. The zero-order chi connectivity index (χ0) is 12.1. The molecule has 1 N–H and O–H groups in total. The van der Waals surface area contributed by atoms with Gasteiger partial charge in [0.05, 0.1) is 6.07 Å². The van der Waals surface area contributed by atoms with Crippen molar-refractivity contribution in [3.63, 3.8) is 0 Å². The number of nitrogens with one attached hydrogen (secondary N) is 1. The van der Waals surface area contributed by atoms with Gasteiger partial charge in [-0.05, 0) is 43.8 Å². The van der Waals surface area contributed by atoms with Crippen LogP contribution in [-0.4, -0.2) is 26.7 Å². The molecular weight excluding hydrogens is 252 g/mol. The van der Waals surface area contributed by atoms with Gasteiger partial charge in [0.2, 0.25) is 0 Å². The van der Waals surface area contributed by atoms with Crippen molar-refractivity contribution in [1.82, 2.24) is 14.7 Å². The lowest BCUT2D eigenvalue weighted by Crippen LogP contribution is -2.48. The van der Waals surface area contributed by atoms with E-state index in [1.54, 1.807) is 18.1 Å². The van der Waals surface area contributed by atoms with Gasteiger partial charge < -0.3 is 0 Å². The second-order valence-electron chi connectivity index (χ2n) is 4.27. The average molecular weight is 268 g/mol. The predicted molar refractivity (Wildman–Crippen MR) is 70.0 cm³/mol. The van der Waals surface area contributed by atoms with E-state index in [9.17, 15) is 5.26 Å². The first-order valence-corrected chi connectivity index (χ1v) is 7.53. The van der Waals surface area contributed by atoms with Gasteiger partial charge in [0, 0.05) is 5.25 Å². The number of aromatic nitrogens is 2. The van der Waals surface area contributed by atoms with Crippen molar-refractivity contribution >= 4 is 23.3 Å². The SMILES string of the molecule is CCNC1(C#N)CCCC(Sc2ncns2)C1. The molecule has 0 amide bonds. The molecule has 17 heavy (non-hydrogen) atoms. The van der Waals surface area contributed by atoms with E-state index in [2.05, 4.69) is 27.7 Å². The third-order valence-corrected chi connectivity index (χ3v) is 5.06. The fourth-order valence-corrected chi connectivity index (χ4v) is 4.36. The summed E-state index contributed by atoms with van der Waals surface area (Å²) >= 11 is 3.20. The molecule has 2 rings (SSSR count). The number of nitriles is 1. The van der Waals surface area contributed by atoms with E-state index in [0.29, 0.717) is 5.25 Å². The van der Waals surface area contributed by atoms with Crippen LogP contribution in [0.15, 0.2) is 10.7 Å². The van der Waals surface area contributed by atoms with Crippen LogP contribution in [0.2, 0.25) is 0 Å². The van der Waals surface area contributed by atoms with Crippen molar-refractivity contribution in [1.29, 1.82) is 5.26 Å². The zero-order valence-corrected chi connectivity index (χ0v) is 11.5. The molecule has 0 aromatic carbocycles. The molecule has 0 aliphatic heterocycles. The maximum atomic E-state index is 9.37. The summed E-state index contributed by atoms with van der Waals surface area (Å²) in [6.07, 6.45) is 5.74. The smallest absolute Gasteiger partial charge is 0.170 e. The molecule has 1 saturated carbocycles. The van der Waals surface area contributed by atoms with Gasteiger partial charge in [-0.15, -0.1) is 0 Å². The van der Waals surface area contributed by atoms with E-state index in [1.807, 2.05) is 0 Å². The van der Waals surface area contributed by atoms with Crippen LogP contribution in [0.4, 0.5) is 0 Å². The molecule has 0 bridgehead atoms. The van der Waals surface area contributed by atoms with Crippen LogP contribution in [0.1, 0.15) is 32.6 Å². The van der Waals surface area contributed by atoms with Gasteiger partial charge in [-0.1, -0.05) is 18.7 Å². The highest BCUT2D eigenvalue weighted by molar-refractivity contribution is 8.01. The Labute approximate surface area is 110 Å². The molecule has 1 aromatic rings. The molecule has 0 radical (unpaired) electrons. The van der Waals surface area contributed by atoms with Gasteiger partial charge in [-0.2, -0.15) is 9.64 Å². The Kier molecular flexibility index (Phi) is 4.37. The van der Waals surface area contributed by atoms with Gasteiger partial charge in [-0.3, -0.25) is 5.32 Å². The third-order valence-electron chi connectivity index (χ3n) is 3.04. The van der Waals surface area contributed by atoms with Crippen LogP contribution in [0, 0.1) is 11.3 Å². The number of nitrogens with zero attached hydrogens (tertiary/aromatic N) is 3. The van der Waals surface area contributed by atoms with E-state index in [-0.39, 0.29) is 5.54 Å². The normalized spacial score (nSPS) is 28.8. The summed E-state index contributed by atoms with van der Waals surface area (Å²) in [7, 11) is 0. The van der Waals surface area contributed by atoms with Gasteiger partial charge in [0.15, 0.2) is 4.34 Å². The van der Waals surface area contributed by atoms with Crippen molar-refractivity contribution in [3.8, 4) is 6.07 Å². The monoisotopic (exact) mass is 268 g/mol. The molecule has 1 aliphatic rings. The maximum Gasteiger partial charge on any atom is 0.170 e. The Morgan fingerprint density at radius 3 is 3.29 bits per heavy atom. The topological polar surface area (TPSA) is 61.6 Å². The second-order valence-corrected chi connectivity index (χ2v) is 6.60. The molecule has 1 aliphatic carbocycles. The highest BCUT2D eigenvalue weighted by atomic mass is 32.2. The van der Waals surface area contributed by atoms with Gasteiger partial charge >= 0.3 is 0 Å². The van der Waals surface area contributed by atoms with E-state index in [0.717, 1.165) is 30.1 Å². The van der Waals surface area contributed by atoms with E-state index in [1.165, 1.54) is 18.0 Å². The minimum absolute atomic E-state index is 0.324. The molecule has 1 aromatic heterocycles. The lowest BCUT2D eigenvalue weighted by Gasteiger charge is -2.35. The lowest BCUT2D eigenvalue weighted by atomic mass is 9.82. The van der Waals surface area contributed by atoms with Gasteiger partial charge in [-0.25, -0.2) is 4.98 Å². The molecule has 1 fully saturated rings. The van der Waals surface area contributed by atoms with Crippen LogP contribution in [-0.2, 0) is 0 Å². The molecule has 6 heteroatoms. The zero-order valence-electron chi connectivity index (χ0n) is 9.85. The molecule has 0 saturated heterocycles. The van der Waals surface area contributed by atoms with Crippen LogP contribution in [0.3, 0.4) is 0 Å². The molecule has 2 unspecified atom stereocenters. The van der Waals surface area contributed by atoms with E-state index < -0.39 is 0 Å². The Hall–Kier alpha value is -0.640. The van der Waals surface area contributed by atoms with Crippen LogP contribution in [0.5, 0.6) is 0 Å². The summed E-state index contributed by atoms with van der Waals surface area (Å²) in [5.41, 5.74) is -0.324. The maximum absolute atomic E-state index is 9.37. The average Bonchev–Trinajstić information content (AvgIpc) is 2.83. The summed E-state index contributed by atoms with van der Waals surface area (Å²) in [5, 5.41) is 13.2. The summed E-state index contributed by atoms with van der Waals surface area (Å²) in [4.78, 5) is 4.20. The highest BCUT2D eigenvalue weighted by Crippen LogP contribution is 2.38. The third kappa shape index (κ3) is 3.18. The first kappa shape index (κ1) is 12.8. The van der Waals surface area contributed by atoms with Crippen molar-refractivity contribution < 1.29 is 0 Å². The quantitative estimate of drug-likeness (QED) is 0.909. The molecule has 2 atom stereocenters. The molecule has 92 valence electrons. The Morgan fingerprint density at radius 2 is 2.65 bits per heavy atom. The summed E-state index contributed by atoms with van der Waals surface area (Å²) in [6, 6.07) is 2.47. The van der Waals surface area contributed by atoms with Crippen LogP contribution < -0.4 is 5.32 Å². The van der Waals surface area contributed by atoms with Crippen molar-refractivity contribution in [2.45, 2.75) is 47.7 Å². The summed E-state index contributed by atoms with van der Waals surface area (Å²) in [6.45, 7) is 2.91. The molecular formula is C11H16N4S2. The van der Waals surface area contributed by atoms with Gasteiger partial charge in [0.25, 0.3) is 0 Å². The molecule has 4 nitrogen and oxygen atoms in total. The highest BCUT2D eigenvalue weighted by Gasteiger charge is 2.36. The molecule has 1 heterocycles. The predicted octanol–water partition coefficient (Wildman–Crippen LogP) is 2.44. The Bertz CT molecular complexity index is 383. The minimum Gasteiger partial charge on any atom is -0.300 e. The number of hydrogen-bond donors (Lipinski definition) is 1. The Balaban J connectivity index is 1.99. The standard InChI is InChI=1S/C11H16N4S2/c1-2-14-11(7-12)5-3-4-9(6-11)16-10-13-8-15-17-10/h8-9,14H,2-6H2,1H3. The van der Waals surface area contributed by atoms with Crippen molar-refractivity contribution in [3.05, 3.63) is 6.33 Å². The van der Waals surface area contributed by atoms with Crippen LogP contribution in [0.25, 0.3) is 0 Å². The second kappa shape index (κ2) is 5.80. The van der Waals surface area contributed by atoms with E-state index >= 15 is 0 Å².